The van der Waals surface area contributed by atoms with Crippen LogP contribution in [0.2, 0.25) is 0 Å². The number of carbonyl (C=O) groups excluding carboxylic acids is 2. The van der Waals surface area contributed by atoms with E-state index >= 15 is 0 Å². The molecule has 0 aromatic heterocycles. The third-order valence-corrected chi connectivity index (χ3v) is 2.52. The number of nitro groups is 1. The van der Waals surface area contributed by atoms with E-state index in [4.69, 9.17) is 10.8 Å². The van der Waals surface area contributed by atoms with Gasteiger partial charge in [-0.3, -0.25) is 19.7 Å². The lowest BCUT2D eigenvalue weighted by atomic mass is 10.1. The van der Waals surface area contributed by atoms with Crippen molar-refractivity contribution in [1.82, 2.24) is 5.32 Å². The first-order chi connectivity index (χ1) is 9.79. The van der Waals surface area contributed by atoms with E-state index in [0.29, 0.717) is 5.56 Å². The van der Waals surface area contributed by atoms with Crippen LogP contribution in [0.4, 0.5) is 5.69 Å². The molecule has 9 heteroatoms. The molecular formula is C12H13N3O6. The first-order valence-electron chi connectivity index (χ1n) is 5.83. The highest BCUT2D eigenvalue weighted by molar-refractivity contribution is 5.88. The second-order valence-corrected chi connectivity index (χ2v) is 4.23. The SMILES string of the molecule is NC(=O)C[C@H](NC(=O)Cc1cccc([N+](=O)[O-])c1)C(=O)O. The number of carboxylic acid groups (broad SMARTS) is 1. The van der Waals surface area contributed by atoms with Crippen molar-refractivity contribution in [2.75, 3.05) is 0 Å². The van der Waals surface area contributed by atoms with Gasteiger partial charge in [-0.15, -0.1) is 0 Å². The van der Waals surface area contributed by atoms with Gasteiger partial charge >= 0.3 is 5.97 Å². The molecule has 4 N–H and O–H groups in total. The normalized spacial score (nSPS) is 11.4. The number of carbonyl (C=O) groups is 3. The molecule has 0 unspecified atom stereocenters. The fourth-order valence-electron chi connectivity index (χ4n) is 1.61. The molecule has 2 amide bonds. The number of non-ortho nitro benzene ring substituents is 1. The Bertz CT molecular complexity index is 586. The summed E-state index contributed by atoms with van der Waals surface area (Å²) in [6.45, 7) is 0. The molecule has 112 valence electrons. The molecule has 0 saturated carbocycles. The minimum atomic E-state index is -1.42. The van der Waals surface area contributed by atoms with Crippen LogP contribution in [0.1, 0.15) is 12.0 Å². The van der Waals surface area contributed by atoms with Crippen LogP contribution in [0.3, 0.4) is 0 Å². The number of amides is 2. The first kappa shape index (κ1) is 16.1. The largest absolute Gasteiger partial charge is 0.480 e. The van der Waals surface area contributed by atoms with Crippen LogP contribution in [0, 0.1) is 10.1 Å². The summed E-state index contributed by atoms with van der Waals surface area (Å²) in [4.78, 5) is 43.3. The summed E-state index contributed by atoms with van der Waals surface area (Å²) >= 11 is 0. The van der Waals surface area contributed by atoms with Crippen LogP contribution < -0.4 is 11.1 Å². The van der Waals surface area contributed by atoms with Crippen LogP contribution in [0.15, 0.2) is 24.3 Å². The maximum Gasteiger partial charge on any atom is 0.326 e. The van der Waals surface area contributed by atoms with Gasteiger partial charge in [0.1, 0.15) is 6.04 Å². The average Bonchev–Trinajstić information content (AvgIpc) is 2.37. The monoisotopic (exact) mass is 295 g/mol. The van der Waals surface area contributed by atoms with Gasteiger partial charge in [0.15, 0.2) is 0 Å². The van der Waals surface area contributed by atoms with Gasteiger partial charge in [-0.05, 0) is 5.56 Å². The maximum atomic E-state index is 11.7. The number of benzene rings is 1. The smallest absolute Gasteiger partial charge is 0.326 e. The Balaban J connectivity index is 2.72. The zero-order valence-electron chi connectivity index (χ0n) is 10.8. The van der Waals surface area contributed by atoms with Gasteiger partial charge < -0.3 is 16.2 Å². The number of nitrogens with one attached hydrogen (secondary N) is 1. The van der Waals surface area contributed by atoms with Crippen LogP contribution in [-0.4, -0.2) is 33.9 Å². The Morgan fingerprint density at radius 3 is 2.57 bits per heavy atom. The molecule has 1 rings (SSSR count). The van der Waals surface area contributed by atoms with Crippen molar-refractivity contribution in [3.8, 4) is 0 Å². The fraction of sp³-hybridized carbons (Fsp3) is 0.250. The molecule has 0 aliphatic rings. The van der Waals surface area contributed by atoms with Gasteiger partial charge in [-0.2, -0.15) is 0 Å². The Kier molecular flexibility index (Phi) is 5.35. The molecule has 0 radical (unpaired) electrons. The summed E-state index contributed by atoms with van der Waals surface area (Å²) in [5, 5.41) is 21.6. The Hall–Kier alpha value is -2.97. The zero-order chi connectivity index (χ0) is 16.0. The molecular weight excluding hydrogens is 282 g/mol. The average molecular weight is 295 g/mol. The number of nitro benzene ring substituents is 1. The lowest BCUT2D eigenvalue weighted by molar-refractivity contribution is -0.384. The zero-order valence-corrected chi connectivity index (χ0v) is 10.8. The predicted octanol–water partition coefficient (Wildman–Crippen LogP) is -0.418. The van der Waals surface area contributed by atoms with Gasteiger partial charge in [0.2, 0.25) is 11.8 Å². The van der Waals surface area contributed by atoms with E-state index in [1.54, 1.807) is 0 Å². The van der Waals surface area contributed by atoms with Crippen molar-refractivity contribution in [2.45, 2.75) is 18.9 Å². The first-order valence-corrected chi connectivity index (χ1v) is 5.83. The number of primary amides is 1. The molecule has 0 heterocycles. The summed E-state index contributed by atoms with van der Waals surface area (Å²) in [5.41, 5.74) is 5.06. The van der Waals surface area contributed by atoms with Crippen LogP contribution in [-0.2, 0) is 20.8 Å². The minimum Gasteiger partial charge on any atom is -0.480 e. The summed E-state index contributed by atoms with van der Waals surface area (Å²) in [7, 11) is 0. The second-order valence-electron chi connectivity index (χ2n) is 4.23. The minimum absolute atomic E-state index is 0.174. The predicted molar refractivity (Wildman–Crippen MR) is 70.2 cm³/mol. The van der Waals surface area contributed by atoms with E-state index < -0.39 is 35.2 Å². The van der Waals surface area contributed by atoms with Gasteiger partial charge in [0.05, 0.1) is 17.8 Å². The molecule has 21 heavy (non-hydrogen) atoms. The number of rotatable bonds is 7. The highest BCUT2D eigenvalue weighted by Gasteiger charge is 2.22. The fourth-order valence-corrected chi connectivity index (χ4v) is 1.61. The molecule has 0 fully saturated rings. The molecule has 0 bridgehead atoms. The number of nitrogens with zero attached hydrogens (tertiary/aromatic N) is 1. The van der Waals surface area contributed by atoms with Crippen molar-refractivity contribution in [3.63, 3.8) is 0 Å². The Morgan fingerprint density at radius 2 is 2.05 bits per heavy atom. The van der Waals surface area contributed by atoms with E-state index in [1.165, 1.54) is 24.3 Å². The highest BCUT2D eigenvalue weighted by atomic mass is 16.6. The van der Waals surface area contributed by atoms with E-state index in [0.717, 1.165) is 0 Å². The lowest BCUT2D eigenvalue weighted by Crippen LogP contribution is -2.43. The van der Waals surface area contributed by atoms with Crippen LogP contribution >= 0.6 is 0 Å². The third kappa shape index (κ3) is 5.27. The number of nitrogens with two attached hydrogens (primary N) is 1. The van der Waals surface area contributed by atoms with Crippen molar-refractivity contribution < 1.29 is 24.4 Å². The van der Waals surface area contributed by atoms with Gasteiger partial charge in [0.25, 0.3) is 5.69 Å². The molecule has 0 aliphatic carbocycles. The van der Waals surface area contributed by atoms with Crippen molar-refractivity contribution in [2.24, 2.45) is 5.73 Å². The maximum absolute atomic E-state index is 11.7. The summed E-state index contributed by atoms with van der Waals surface area (Å²) in [5.74, 6) is -2.93. The molecule has 1 aromatic carbocycles. The summed E-state index contributed by atoms with van der Waals surface area (Å²) < 4.78 is 0. The van der Waals surface area contributed by atoms with E-state index in [2.05, 4.69) is 5.32 Å². The summed E-state index contributed by atoms with van der Waals surface area (Å²) in [6.07, 6.45) is -0.778. The van der Waals surface area contributed by atoms with E-state index in [-0.39, 0.29) is 12.1 Å². The van der Waals surface area contributed by atoms with E-state index in [1.807, 2.05) is 0 Å². The quantitative estimate of drug-likeness (QED) is 0.458. The molecule has 0 aliphatic heterocycles. The van der Waals surface area contributed by atoms with Crippen molar-refractivity contribution in [1.29, 1.82) is 0 Å². The van der Waals surface area contributed by atoms with Gasteiger partial charge in [-0.25, -0.2) is 4.79 Å². The number of aliphatic carboxylic acids is 1. The Morgan fingerprint density at radius 1 is 1.38 bits per heavy atom. The topological polar surface area (TPSA) is 153 Å². The summed E-state index contributed by atoms with van der Waals surface area (Å²) in [6, 6.07) is 3.97. The molecule has 0 spiro atoms. The number of hydrogen-bond acceptors (Lipinski definition) is 5. The van der Waals surface area contributed by atoms with E-state index in [9.17, 15) is 24.5 Å². The van der Waals surface area contributed by atoms with Crippen molar-refractivity contribution in [3.05, 3.63) is 39.9 Å². The van der Waals surface area contributed by atoms with Crippen LogP contribution in [0.5, 0.6) is 0 Å². The number of carboxylic acids is 1. The number of hydrogen-bond donors (Lipinski definition) is 3. The molecule has 9 nitrogen and oxygen atoms in total. The molecule has 0 saturated heterocycles. The van der Waals surface area contributed by atoms with Crippen molar-refractivity contribution >= 4 is 23.5 Å². The van der Waals surface area contributed by atoms with Gasteiger partial charge in [-0.1, -0.05) is 12.1 Å². The highest BCUT2D eigenvalue weighted by Crippen LogP contribution is 2.13. The van der Waals surface area contributed by atoms with Crippen LogP contribution in [0.25, 0.3) is 0 Å². The molecule has 1 atom stereocenters. The second kappa shape index (κ2) is 6.98. The molecule has 1 aromatic rings. The third-order valence-electron chi connectivity index (χ3n) is 2.52. The standard InChI is InChI=1S/C12H13N3O6/c13-10(16)6-9(12(18)19)14-11(17)5-7-2-1-3-8(4-7)15(20)21/h1-4,9H,5-6H2,(H2,13,16)(H,14,17)(H,18,19)/t9-/m0/s1. The van der Waals surface area contributed by atoms with Gasteiger partial charge in [0, 0.05) is 12.1 Å². The Labute approximate surface area is 118 Å². The lowest BCUT2D eigenvalue weighted by Gasteiger charge is -2.12.